The van der Waals surface area contributed by atoms with Crippen molar-refractivity contribution in [3.05, 3.63) is 0 Å². The molecule has 22 heavy (non-hydrogen) atoms. The molecule has 2 amide bonds. The van der Waals surface area contributed by atoms with Crippen molar-refractivity contribution in [3.8, 4) is 0 Å². The zero-order valence-corrected chi connectivity index (χ0v) is 10.7. The number of carbonyl (C=O) groups excluding carboxylic acids is 2. The minimum absolute atomic E-state index is 0.223. The topological polar surface area (TPSA) is 185 Å². The number of ether oxygens (including phenoxy) is 1. The Morgan fingerprint density at radius 3 is 1.91 bits per heavy atom. The quantitative estimate of drug-likeness (QED) is 0.339. The van der Waals surface area contributed by atoms with Gasteiger partial charge in [0.25, 0.3) is 5.91 Å². The first-order chi connectivity index (χ1) is 9.87. The van der Waals surface area contributed by atoms with E-state index in [9.17, 15) is 27.6 Å². The third kappa shape index (κ3) is 6.85. The predicted molar refractivity (Wildman–Crippen MR) is 60.2 cm³/mol. The first kappa shape index (κ1) is 19.6. The highest BCUT2D eigenvalue weighted by Crippen LogP contribution is 2.21. The fourth-order valence-electron chi connectivity index (χ4n) is 0.927. The maximum atomic E-state index is 11.2. The van der Waals surface area contributed by atoms with Crippen molar-refractivity contribution in [1.29, 1.82) is 0 Å². The van der Waals surface area contributed by atoms with Gasteiger partial charge in [0.2, 0.25) is 5.91 Å². The molecule has 0 aromatic rings. The van der Waals surface area contributed by atoms with E-state index in [0.29, 0.717) is 0 Å². The molecule has 1 rings (SSSR count). The number of aliphatic carboxylic acids is 2. The lowest BCUT2D eigenvalue weighted by molar-refractivity contribution is -0.192. The van der Waals surface area contributed by atoms with Crippen LogP contribution in [0.3, 0.4) is 0 Å². The summed E-state index contributed by atoms with van der Waals surface area (Å²) in [7, 11) is 0. The molecule has 1 aliphatic heterocycles. The number of halogens is 3. The van der Waals surface area contributed by atoms with Gasteiger partial charge in [0.1, 0.15) is 6.04 Å². The summed E-state index contributed by atoms with van der Waals surface area (Å²) in [5, 5.41) is 17.8. The van der Waals surface area contributed by atoms with E-state index < -0.39 is 48.2 Å². The Morgan fingerprint density at radius 2 is 1.64 bits per heavy atom. The van der Waals surface area contributed by atoms with E-state index in [2.05, 4.69) is 10.1 Å². The molecule has 1 aliphatic rings. The fraction of sp³-hybridized carbons (Fsp3) is 0.556. The summed E-state index contributed by atoms with van der Waals surface area (Å²) < 4.78 is 36.4. The van der Waals surface area contributed by atoms with Crippen LogP contribution in [0.25, 0.3) is 0 Å². The Hall–Kier alpha value is -2.41. The SMILES string of the molecule is NC(=O)[C@H]1O[C@@H]1C(=O)NC[C@H](N)C(=O)O.O=C(O)C(F)(F)F. The molecular formula is C9H12F3N3O7. The van der Waals surface area contributed by atoms with Gasteiger partial charge in [-0.25, -0.2) is 4.79 Å². The first-order valence-electron chi connectivity index (χ1n) is 5.39. The number of nitrogens with one attached hydrogen (secondary N) is 1. The second-order valence-corrected chi connectivity index (χ2v) is 3.87. The van der Waals surface area contributed by atoms with Gasteiger partial charge in [-0.1, -0.05) is 0 Å². The van der Waals surface area contributed by atoms with Gasteiger partial charge in [-0.15, -0.1) is 0 Å². The number of carboxylic acids is 2. The second kappa shape index (κ2) is 7.56. The molecule has 0 radical (unpaired) electrons. The Balaban J connectivity index is 0.000000534. The third-order valence-corrected chi connectivity index (χ3v) is 2.09. The molecule has 3 atom stereocenters. The maximum absolute atomic E-state index is 11.2. The number of alkyl halides is 3. The van der Waals surface area contributed by atoms with Crippen LogP contribution in [0, 0.1) is 0 Å². The molecule has 10 nitrogen and oxygen atoms in total. The molecule has 1 fully saturated rings. The Bertz CT molecular complexity index is 468. The van der Waals surface area contributed by atoms with Gasteiger partial charge in [0.15, 0.2) is 12.2 Å². The highest BCUT2D eigenvalue weighted by molar-refractivity contribution is 5.94. The number of carbonyl (C=O) groups is 4. The Kier molecular flexibility index (Phi) is 6.73. The molecule has 1 heterocycles. The maximum Gasteiger partial charge on any atom is 0.490 e. The van der Waals surface area contributed by atoms with Crippen LogP contribution < -0.4 is 16.8 Å². The van der Waals surface area contributed by atoms with Crippen molar-refractivity contribution >= 4 is 23.8 Å². The highest BCUT2D eigenvalue weighted by Gasteiger charge is 2.49. The van der Waals surface area contributed by atoms with E-state index in [1.165, 1.54) is 0 Å². The number of amides is 2. The van der Waals surface area contributed by atoms with Gasteiger partial charge in [0.05, 0.1) is 0 Å². The molecular weight excluding hydrogens is 319 g/mol. The highest BCUT2D eigenvalue weighted by atomic mass is 19.4. The lowest BCUT2D eigenvalue weighted by Crippen LogP contribution is -2.44. The Labute approximate surface area is 120 Å². The minimum atomic E-state index is -5.08. The summed E-state index contributed by atoms with van der Waals surface area (Å²) in [5.41, 5.74) is 10.0. The summed E-state index contributed by atoms with van der Waals surface area (Å²) in [6.45, 7) is -0.223. The third-order valence-electron chi connectivity index (χ3n) is 2.09. The number of primary amides is 1. The largest absolute Gasteiger partial charge is 0.490 e. The smallest absolute Gasteiger partial charge is 0.480 e. The van der Waals surface area contributed by atoms with E-state index in [1.54, 1.807) is 0 Å². The van der Waals surface area contributed by atoms with Crippen LogP contribution in [0.2, 0.25) is 0 Å². The van der Waals surface area contributed by atoms with E-state index in [0.717, 1.165) is 0 Å². The van der Waals surface area contributed by atoms with Crippen molar-refractivity contribution in [1.82, 2.24) is 5.32 Å². The number of hydrogen-bond acceptors (Lipinski definition) is 6. The number of rotatable bonds is 5. The lowest BCUT2D eigenvalue weighted by atomic mass is 10.2. The lowest BCUT2D eigenvalue weighted by Gasteiger charge is -2.06. The molecule has 0 aromatic carbocycles. The molecule has 0 spiro atoms. The summed E-state index contributed by atoms with van der Waals surface area (Å²) >= 11 is 0. The van der Waals surface area contributed by atoms with Crippen LogP contribution in [0.15, 0.2) is 0 Å². The van der Waals surface area contributed by atoms with Crippen molar-refractivity contribution in [2.45, 2.75) is 24.4 Å². The average Bonchev–Trinajstić information content (AvgIpc) is 3.15. The second-order valence-electron chi connectivity index (χ2n) is 3.87. The molecule has 0 unspecified atom stereocenters. The number of hydrogen-bond donors (Lipinski definition) is 5. The molecule has 13 heteroatoms. The predicted octanol–water partition coefficient (Wildman–Crippen LogP) is -2.60. The van der Waals surface area contributed by atoms with E-state index in [-0.39, 0.29) is 6.54 Å². The zero-order chi connectivity index (χ0) is 17.7. The van der Waals surface area contributed by atoms with E-state index >= 15 is 0 Å². The molecule has 0 aromatic heterocycles. The van der Waals surface area contributed by atoms with Gasteiger partial charge in [-0.05, 0) is 0 Å². The average molecular weight is 331 g/mol. The minimum Gasteiger partial charge on any atom is -0.480 e. The van der Waals surface area contributed by atoms with Crippen molar-refractivity contribution in [2.75, 3.05) is 6.54 Å². The molecule has 0 bridgehead atoms. The summed E-state index contributed by atoms with van der Waals surface area (Å²) in [5.74, 6) is -5.29. The van der Waals surface area contributed by atoms with Crippen LogP contribution in [0.1, 0.15) is 0 Å². The van der Waals surface area contributed by atoms with E-state index in [4.69, 9.17) is 26.5 Å². The first-order valence-corrected chi connectivity index (χ1v) is 5.39. The van der Waals surface area contributed by atoms with Crippen LogP contribution in [0.5, 0.6) is 0 Å². The number of nitrogens with two attached hydrogens (primary N) is 2. The van der Waals surface area contributed by atoms with Crippen LogP contribution in [-0.2, 0) is 23.9 Å². The van der Waals surface area contributed by atoms with Gasteiger partial charge < -0.3 is 31.7 Å². The van der Waals surface area contributed by atoms with Crippen LogP contribution >= 0.6 is 0 Å². The van der Waals surface area contributed by atoms with Crippen LogP contribution in [-0.4, -0.2) is 64.9 Å². The number of carboxylic acid groups (broad SMARTS) is 2. The summed E-state index contributed by atoms with van der Waals surface area (Å²) in [6.07, 6.45) is -6.91. The summed E-state index contributed by atoms with van der Waals surface area (Å²) in [6, 6.07) is -1.18. The molecule has 0 saturated carbocycles. The molecule has 1 saturated heterocycles. The van der Waals surface area contributed by atoms with Gasteiger partial charge in [-0.3, -0.25) is 14.4 Å². The molecule has 0 aliphatic carbocycles. The fourth-order valence-corrected chi connectivity index (χ4v) is 0.927. The standard InChI is InChI=1S/C7H11N3O5.C2HF3O2/c8-2(7(13)14)1-10-6(12)4-3(15-4)5(9)11;3-2(4,5)1(6)7/h2-4H,1,8H2,(H2,9,11)(H,10,12)(H,13,14);(H,6,7)/t2-,3-,4-;/m0./s1. The monoisotopic (exact) mass is 331 g/mol. The van der Waals surface area contributed by atoms with Gasteiger partial charge in [0, 0.05) is 6.54 Å². The molecule has 7 N–H and O–H groups in total. The van der Waals surface area contributed by atoms with Gasteiger partial charge in [-0.2, -0.15) is 13.2 Å². The van der Waals surface area contributed by atoms with Crippen molar-refractivity contribution in [2.24, 2.45) is 11.5 Å². The Morgan fingerprint density at radius 1 is 1.18 bits per heavy atom. The van der Waals surface area contributed by atoms with Crippen molar-refractivity contribution < 1.29 is 47.3 Å². The summed E-state index contributed by atoms with van der Waals surface area (Å²) in [4.78, 5) is 40.9. The van der Waals surface area contributed by atoms with Crippen LogP contribution in [0.4, 0.5) is 13.2 Å². The number of epoxide rings is 1. The van der Waals surface area contributed by atoms with E-state index in [1.807, 2.05) is 0 Å². The van der Waals surface area contributed by atoms with Crippen molar-refractivity contribution in [3.63, 3.8) is 0 Å². The van der Waals surface area contributed by atoms with Gasteiger partial charge >= 0.3 is 18.1 Å². The zero-order valence-electron chi connectivity index (χ0n) is 10.7. The normalized spacial score (nSPS) is 20.9. The molecule has 126 valence electrons.